The Morgan fingerprint density at radius 3 is 2.50 bits per heavy atom. The van der Waals surface area contributed by atoms with Crippen LogP contribution in [0.1, 0.15) is 19.4 Å². The number of nitrogens with one attached hydrogen (secondary N) is 1. The van der Waals surface area contributed by atoms with Crippen molar-refractivity contribution >= 4 is 26.0 Å². The Kier molecular flexibility index (Phi) is 5.33. The van der Waals surface area contributed by atoms with Gasteiger partial charge in [0.25, 0.3) is 0 Å². The second kappa shape index (κ2) is 6.14. The Balaban J connectivity index is 3.10. The van der Waals surface area contributed by atoms with Gasteiger partial charge < -0.3 is 5.73 Å². The molecule has 0 bridgehead atoms. The monoisotopic (exact) mass is 334 g/mol. The summed E-state index contributed by atoms with van der Waals surface area (Å²) in [6.45, 7) is 5.93. The van der Waals surface area contributed by atoms with E-state index in [9.17, 15) is 8.42 Å². The van der Waals surface area contributed by atoms with Crippen LogP contribution in [0.3, 0.4) is 0 Å². The van der Waals surface area contributed by atoms with E-state index in [2.05, 4.69) is 20.7 Å². The molecule has 0 aromatic heterocycles. The number of halogens is 1. The highest BCUT2D eigenvalue weighted by molar-refractivity contribution is 9.10. The quantitative estimate of drug-likeness (QED) is 0.865. The van der Waals surface area contributed by atoms with Crippen LogP contribution in [0.2, 0.25) is 0 Å². The van der Waals surface area contributed by atoms with Gasteiger partial charge >= 0.3 is 0 Å². The van der Waals surface area contributed by atoms with E-state index in [1.54, 1.807) is 19.1 Å². The Hall–Kier alpha value is -0.430. The lowest BCUT2D eigenvalue weighted by Gasteiger charge is -2.21. The summed E-state index contributed by atoms with van der Waals surface area (Å²) in [7, 11) is -3.53. The second-order valence-electron chi connectivity index (χ2n) is 4.62. The van der Waals surface area contributed by atoms with Crippen LogP contribution in [-0.2, 0) is 10.0 Å². The van der Waals surface area contributed by atoms with Crippen molar-refractivity contribution in [2.45, 2.75) is 31.7 Å². The minimum Gasteiger partial charge on any atom is -0.329 e. The average Bonchev–Trinajstić information content (AvgIpc) is 2.28. The van der Waals surface area contributed by atoms with Gasteiger partial charge in [-0.1, -0.05) is 35.8 Å². The molecule has 0 spiro atoms. The molecule has 6 heteroatoms. The lowest BCUT2D eigenvalue weighted by molar-refractivity contribution is 0.454. The van der Waals surface area contributed by atoms with Crippen molar-refractivity contribution < 1.29 is 8.42 Å². The van der Waals surface area contributed by atoms with Gasteiger partial charge in [-0.3, -0.25) is 0 Å². The maximum Gasteiger partial charge on any atom is 0.241 e. The van der Waals surface area contributed by atoms with E-state index < -0.39 is 10.0 Å². The molecule has 1 atom stereocenters. The Labute approximate surface area is 117 Å². The second-order valence-corrected chi connectivity index (χ2v) is 7.22. The molecule has 0 saturated heterocycles. The molecular weight excluding hydrogens is 316 g/mol. The van der Waals surface area contributed by atoms with Crippen molar-refractivity contribution in [1.29, 1.82) is 0 Å². The van der Waals surface area contributed by atoms with Gasteiger partial charge in [0.1, 0.15) is 0 Å². The van der Waals surface area contributed by atoms with Crippen molar-refractivity contribution in [2.24, 2.45) is 11.7 Å². The van der Waals surface area contributed by atoms with Gasteiger partial charge in [0.2, 0.25) is 10.0 Å². The molecule has 0 aliphatic heterocycles. The molecule has 102 valence electrons. The minimum atomic E-state index is -3.53. The van der Waals surface area contributed by atoms with Gasteiger partial charge in [0.05, 0.1) is 4.90 Å². The van der Waals surface area contributed by atoms with Crippen LogP contribution in [0.4, 0.5) is 0 Å². The van der Waals surface area contributed by atoms with Gasteiger partial charge in [-0.05, 0) is 30.5 Å². The van der Waals surface area contributed by atoms with E-state index in [0.29, 0.717) is 5.56 Å². The van der Waals surface area contributed by atoms with E-state index in [0.717, 1.165) is 4.47 Å². The molecule has 0 amide bonds. The van der Waals surface area contributed by atoms with Gasteiger partial charge in [0.15, 0.2) is 0 Å². The predicted molar refractivity (Wildman–Crippen MR) is 76.9 cm³/mol. The lowest BCUT2D eigenvalue weighted by Crippen LogP contribution is -2.43. The smallest absolute Gasteiger partial charge is 0.241 e. The molecule has 0 saturated carbocycles. The van der Waals surface area contributed by atoms with E-state index in [1.165, 1.54) is 0 Å². The van der Waals surface area contributed by atoms with Crippen molar-refractivity contribution in [1.82, 2.24) is 4.72 Å². The number of sulfonamides is 1. The van der Waals surface area contributed by atoms with E-state index >= 15 is 0 Å². The number of nitrogens with two attached hydrogens (primary N) is 1. The van der Waals surface area contributed by atoms with Crippen LogP contribution >= 0.6 is 15.9 Å². The van der Waals surface area contributed by atoms with Crippen LogP contribution < -0.4 is 10.5 Å². The molecule has 4 nitrogen and oxygen atoms in total. The number of aryl methyl sites for hydroxylation is 1. The first-order valence-electron chi connectivity index (χ1n) is 5.76. The summed E-state index contributed by atoms with van der Waals surface area (Å²) in [4.78, 5) is 0.288. The SMILES string of the molecule is Cc1ccc(Br)cc1S(=O)(=O)NC(CN)C(C)C. The summed E-state index contributed by atoms with van der Waals surface area (Å²) in [5, 5.41) is 0. The highest BCUT2D eigenvalue weighted by Gasteiger charge is 2.23. The van der Waals surface area contributed by atoms with Crippen molar-refractivity contribution in [2.75, 3.05) is 6.54 Å². The molecule has 1 rings (SSSR count). The summed E-state index contributed by atoms with van der Waals surface area (Å²) >= 11 is 3.28. The van der Waals surface area contributed by atoms with Gasteiger partial charge in [-0.15, -0.1) is 0 Å². The summed E-state index contributed by atoms with van der Waals surface area (Å²) < 4.78 is 28.0. The fraction of sp³-hybridized carbons (Fsp3) is 0.500. The zero-order chi connectivity index (χ0) is 13.9. The Bertz CT molecular complexity index is 515. The Morgan fingerprint density at radius 1 is 1.39 bits per heavy atom. The normalized spacial score (nSPS) is 13.9. The number of benzene rings is 1. The van der Waals surface area contributed by atoms with Crippen LogP contribution in [0.5, 0.6) is 0 Å². The zero-order valence-corrected chi connectivity index (χ0v) is 13.2. The first-order valence-corrected chi connectivity index (χ1v) is 8.04. The molecule has 0 heterocycles. The van der Waals surface area contributed by atoms with E-state index in [4.69, 9.17) is 5.73 Å². The molecule has 0 radical (unpaired) electrons. The molecule has 3 N–H and O–H groups in total. The highest BCUT2D eigenvalue weighted by Crippen LogP contribution is 2.21. The topological polar surface area (TPSA) is 72.2 Å². The Morgan fingerprint density at radius 2 is 2.00 bits per heavy atom. The average molecular weight is 335 g/mol. The van der Waals surface area contributed by atoms with Crippen molar-refractivity contribution in [3.05, 3.63) is 28.2 Å². The summed E-state index contributed by atoms with van der Waals surface area (Å²) in [5.74, 6) is 0.150. The van der Waals surface area contributed by atoms with Crippen LogP contribution in [-0.4, -0.2) is 21.0 Å². The van der Waals surface area contributed by atoms with Gasteiger partial charge in [-0.25, -0.2) is 13.1 Å². The van der Waals surface area contributed by atoms with E-state index in [1.807, 2.05) is 19.9 Å². The molecule has 1 aromatic rings. The maximum atomic E-state index is 12.3. The van der Waals surface area contributed by atoms with Crippen molar-refractivity contribution in [3.8, 4) is 0 Å². The third-order valence-corrected chi connectivity index (χ3v) is 4.93. The predicted octanol–water partition coefficient (Wildman–Crippen LogP) is 2.02. The molecule has 0 aliphatic rings. The maximum absolute atomic E-state index is 12.3. The third kappa shape index (κ3) is 3.78. The molecule has 1 aromatic carbocycles. The minimum absolute atomic E-state index is 0.150. The summed E-state index contributed by atoms with van der Waals surface area (Å²) in [6.07, 6.45) is 0. The fourth-order valence-corrected chi connectivity index (χ4v) is 3.76. The molecule has 18 heavy (non-hydrogen) atoms. The lowest BCUT2D eigenvalue weighted by atomic mass is 10.1. The highest BCUT2D eigenvalue weighted by atomic mass is 79.9. The van der Waals surface area contributed by atoms with Crippen LogP contribution in [0.25, 0.3) is 0 Å². The fourth-order valence-electron chi connectivity index (χ4n) is 1.58. The van der Waals surface area contributed by atoms with Crippen LogP contribution in [0.15, 0.2) is 27.6 Å². The number of rotatable bonds is 5. The molecule has 1 unspecified atom stereocenters. The molecule has 0 aliphatic carbocycles. The largest absolute Gasteiger partial charge is 0.329 e. The van der Waals surface area contributed by atoms with Gasteiger partial charge in [0, 0.05) is 17.1 Å². The van der Waals surface area contributed by atoms with Crippen LogP contribution in [0, 0.1) is 12.8 Å². The summed E-state index contributed by atoms with van der Waals surface area (Å²) in [5.41, 5.74) is 6.30. The van der Waals surface area contributed by atoms with Crippen molar-refractivity contribution in [3.63, 3.8) is 0 Å². The van der Waals surface area contributed by atoms with Gasteiger partial charge in [-0.2, -0.15) is 0 Å². The summed E-state index contributed by atoms with van der Waals surface area (Å²) in [6, 6.07) is 4.93. The zero-order valence-electron chi connectivity index (χ0n) is 10.8. The first kappa shape index (κ1) is 15.6. The first-order chi connectivity index (χ1) is 8.27. The van der Waals surface area contributed by atoms with E-state index in [-0.39, 0.29) is 23.4 Å². The number of hydrogen-bond acceptors (Lipinski definition) is 3. The standard InChI is InChI=1S/C12H19BrN2O2S/c1-8(2)11(7-14)15-18(16,17)12-6-10(13)5-4-9(12)3/h4-6,8,11,15H,7,14H2,1-3H3. The molecular formula is C12H19BrN2O2S. The number of hydrogen-bond donors (Lipinski definition) is 2. The molecule has 0 fully saturated rings. The third-order valence-electron chi connectivity index (χ3n) is 2.80.